The van der Waals surface area contributed by atoms with Gasteiger partial charge in [0.25, 0.3) is 5.91 Å². The fourth-order valence-corrected chi connectivity index (χ4v) is 3.04. The maximum absolute atomic E-state index is 13.0. The minimum atomic E-state index is -1.11. The molecule has 0 saturated carbocycles. The van der Waals surface area contributed by atoms with Crippen molar-refractivity contribution in [1.29, 1.82) is 0 Å². The van der Waals surface area contributed by atoms with Crippen LogP contribution in [0.25, 0.3) is 0 Å². The molecule has 0 saturated heterocycles. The Hall–Kier alpha value is -2.28. The maximum Gasteiger partial charge on any atom is 0.408 e. The van der Waals surface area contributed by atoms with Crippen LogP contribution in [0.1, 0.15) is 39.7 Å². The van der Waals surface area contributed by atoms with E-state index in [1.165, 1.54) is 4.90 Å². The maximum atomic E-state index is 13.0. The minimum absolute atomic E-state index is 0.167. The molecule has 2 atom stereocenters. The molecule has 1 aliphatic rings. The lowest BCUT2D eigenvalue weighted by atomic mass is 10.1. The number of anilines is 1. The third-order valence-corrected chi connectivity index (χ3v) is 4.18. The van der Waals surface area contributed by atoms with Crippen LogP contribution in [0.2, 0.25) is 5.02 Å². The van der Waals surface area contributed by atoms with Gasteiger partial charge in [0, 0.05) is 17.1 Å². The van der Waals surface area contributed by atoms with Gasteiger partial charge < -0.3 is 15.2 Å². The van der Waals surface area contributed by atoms with Crippen molar-refractivity contribution < 1.29 is 24.2 Å². The number of nitrogens with one attached hydrogen (secondary N) is 1. The van der Waals surface area contributed by atoms with E-state index in [1.807, 2.05) is 0 Å². The molecule has 0 spiro atoms. The van der Waals surface area contributed by atoms with E-state index < -0.39 is 35.7 Å². The molecule has 0 radical (unpaired) electrons. The summed E-state index contributed by atoms with van der Waals surface area (Å²) < 4.78 is 5.19. The quantitative estimate of drug-likeness (QED) is 0.834. The highest BCUT2D eigenvalue weighted by Gasteiger charge is 2.41. The number of nitrogens with zero attached hydrogens (tertiary/aromatic N) is 1. The lowest BCUT2D eigenvalue weighted by Crippen LogP contribution is -2.53. The SMILES string of the molecule is CCC(NC(=O)OC(C)(C)C)C(=O)N1c2ccc(Cl)cc2C[C@H]1C(=O)O. The number of aliphatic carboxylic acids is 1. The van der Waals surface area contributed by atoms with Crippen LogP contribution in [0.4, 0.5) is 10.5 Å². The van der Waals surface area contributed by atoms with Crippen LogP contribution in [0.5, 0.6) is 0 Å². The van der Waals surface area contributed by atoms with E-state index >= 15 is 0 Å². The van der Waals surface area contributed by atoms with E-state index in [0.29, 0.717) is 22.7 Å². The van der Waals surface area contributed by atoms with Crippen molar-refractivity contribution in [1.82, 2.24) is 5.32 Å². The number of benzene rings is 1. The van der Waals surface area contributed by atoms with Crippen LogP contribution in [-0.4, -0.2) is 40.8 Å². The van der Waals surface area contributed by atoms with Crippen LogP contribution in [0, 0.1) is 0 Å². The van der Waals surface area contributed by atoms with E-state index in [2.05, 4.69) is 5.32 Å². The minimum Gasteiger partial charge on any atom is -0.480 e. The molecule has 1 unspecified atom stereocenters. The highest BCUT2D eigenvalue weighted by molar-refractivity contribution is 6.30. The molecule has 1 aromatic carbocycles. The van der Waals surface area contributed by atoms with Gasteiger partial charge in [-0.25, -0.2) is 9.59 Å². The Kier molecular flexibility index (Phi) is 5.81. The Morgan fingerprint density at radius 3 is 2.58 bits per heavy atom. The first-order chi connectivity index (χ1) is 12.0. The van der Waals surface area contributed by atoms with E-state index in [9.17, 15) is 19.5 Å². The summed E-state index contributed by atoms with van der Waals surface area (Å²) in [6, 6.07) is 2.95. The molecule has 0 aliphatic carbocycles. The predicted octanol–water partition coefficient (Wildman–Crippen LogP) is 2.99. The topological polar surface area (TPSA) is 95.9 Å². The normalized spacial score (nSPS) is 17.4. The summed E-state index contributed by atoms with van der Waals surface area (Å²) in [5.41, 5.74) is 0.480. The number of ether oxygens (including phenoxy) is 1. The Bertz CT molecular complexity index is 729. The summed E-state index contributed by atoms with van der Waals surface area (Å²) >= 11 is 5.97. The first-order valence-electron chi connectivity index (χ1n) is 8.37. The van der Waals surface area contributed by atoms with E-state index in [0.717, 1.165) is 0 Å². The van der Waals surface area contributed by atoms with Gasteiger partial charge in [0.15, 0.2) is 0 Å². The van der Waals surface area contributed by atoms with Crippen molar-refractivity contribution in [3.8, 4) is 0 Å². The Labute approximate surface area is 157 Å². The second kappa shape index (κ2) is 7.53. The smallest absolute Gasteiger partial charge is 0.408 e. The standard InChI is InChI=1S/C18H23ClN2O5/c1-5-12(20-17(25)26-18(2,3)4)15(22)21-13-7-6-11(19)8-10(13)9-14(21)16(23)24/h6-8,12,14H,5,9H2,1-4H3,(H,20,25)(H,23,24)/t12?,14-/m0/s1. The second-order valence-electron chi connectivity index (χ2n) is 7.15. The van der Waals surface area contributed by atoms with E-state index in [-0.39, 0.29) is 6.42 Å². The fourth-order valence-electron chi connectivity index (χ4n) is 2.85. The van der Waals surface area contributed by atoms with Gasteiger partial charge in [-0.05, 0) is 51.0 Å². The van der Waals surface area contributed by atoms with Crippen molar-refractivity contribution in [2.75, 3.05) is 4.90 Å². The number of carboxylic acids is 1. The van der Waals surface area contributed by atoms with Crippen LogP contribution >= 0.6 is 11.6 Å². The third kappa shape index (κ3) is 4.46. The summed E-state index contributed by atoms with van der Waals surface area (Å²) in [7, 11) is 0. The summed E-state index contributed by atoms with van der Waals surface area (Å²) in [4.78, 5) is 37.9. The van der Waals surface area contributed by atoms with Crippen molar-refractivity contribution in [3.63, 3.8) is 0 Å². The first kappa shape index (κ1) is 20.0. The number of fused-ring (bicyclic) bond motifs is 1. The molecule has 142 valence electrons. The van der Waals surface area contributed by atoms with Gasteiger partial charge in [-0.1, -0.05) is 18.5 Å². The average Bonchev–Trinajstić information content (AvgIpc) is 2.88. The van der Waals surface area contributed by atoms with Gasteiger partial charge in [0.1, 0.15) is 17.7 Å². The van der Waals surface area contributed by atoms with Gasteiger partial charge in [0.05, 0.1) is 0 Å². The molecule has 2 rings (SSSR count). The summed E-state index contributed by atoms with van der Waals surface area (Å²) in [6.07, 6.45) is -0.260. The molecule has 1 heterocycles. The van der Waals surface area contributed by atoms with Crippen LogP contribution < -0.4 is 10.2 Å². The largest absolute Gasteiger partial charge is 0.480 e. The molecule has 26 heavy (non-hydrogen) atoms. The van der Waals surface area contributed by atoms with Crippen molar-refractivity contribution >= 4 is 35.3 Å². The molecule has 0 fully saturated rings. The van der Waals surface area contributed by atoms with Gasteiger partial charge in [-0.15, -0.1) is 0 Å². The zero-order valence-electron chi connectivity index (χ0n) is 15.2. The van der Waals surface area contributed by atoms with Crippen LogP contribution in [0.3, 0.4) is 0 Å². The molecule has 7 nitrogen and oxygen atoms in total. The molecule has 2 N–H and O–H groups in total. The number of hydrogen-bond donors (Lipinski definition) is 2. The first-order valence-corrected chi connectivity index (χ1v) is 8.75. The summed E-state index contributed by atoms with van der Waals surface area (Å²) in [5, 5.41) is 12.5. The van der Waals surface area contributed by atoms with Gasteiger partial charge >= 0.3 is 12.1 Å². The summed E-state index contributed by atoms with van der Waals surface area (Å²) in [5.74, 6) is -1.61. The highest BCUT2D eigenvalue weighted by Crippen LogP contribution is 2.35. The number of carbonyl (C=O) groups is 3. The van der Waals surface area contributed by atoms with Crippen molar-refractivity contribution in [2.45, 2.75) is 58.2 Å². The van der Waals surface area contributed by atoms with Crippen molar-refractivity contribution in [2.24, 2.45) is 0 Å². The lowest BCUT2D eigenvalue weighted by molar-refractivity contribution is -0.140. The number of alkyl carbamates (subject to hydrolysis) is 1. The number of carbonyl (C=O) groups excluding carboxylic acids is 2. The number of amides is 2. The molecular formula is C18H23ClN2O5. The van der Waals surface area contributed by atoms with Gasteiger partial charge in [0.2, 0.25) is 0 Å². The number of hydrogen-bond acceptors (Lipinski definition) is 4. The molecule has 1 aliphatic heterocycles. The van der Waals surface area contributed by atoms with Crippen molar-refractivity contribution in [3.05, 3.63) is 28.8 Å². The Balaban J connectivity index is 2.27. The Morgan fingerprint density at radius 1 is 1.38 bits per heavy atom. The third-order valence-electron chi connectivity index (χ3n) is 3.95. The van der Waals surface area contributed by atoms with Gasteiger partial charge in [-0.3, -0.25) is 9.69 Å². The number of carboxylic acid groups (broad SMARTS) is 1. The average molecular weight is 383 g/mol. The van der Waals surface area contributed by atoms with E-state index in [1.54, 1.807) is 45.9 Å². The van der Waals surface area contributed by atoms with Gasteiger partial charge in [-0.2, -0.15) is 0 Å². The molecule has 8 heteroatoms. The van der Waals surface area contributed by atoms with Crippen LogP contribution in [-0.2, 0) is 20.7 Å². The molecule has 2 amide bonds. The lowest BCUT2D eigenvalue weighted by Gasteiger charge is -2.28. The molecule has 0 bridgehead atoms. The van der Waals surface area contributed by atoms with E-state index in [4.69, 9.17) is 16.3 Å². The second-order valence-corrected chi connectivity index (χ2v) is 7.58. The molecular weight excluding hydrogens is 360 g/mol. The zero-order chi connectivity index (χ0) is 19.6. The zero-order valence-corrected chi connectivity index (χ0v) is 16.0. The predicted molar refractivity (Wildman–Crippen MR) is 97.5 cm³/mol. The monoisotopic (exact) mass is 382 g/mol. The number of rotatable bonds is 4. The molecule has 1 aromatic rings. The molecule has 0 aromatic heterocycles. The number of halogens is 1. The van der Waals surface area contributed by atoms with Crippen LogP contribution in [0.15, 0.2) is 18.2 Å². The highest BCUT2D eigenvalue weighted by atomic mass is 35.5. The summed E-state index contributed by atoms with van der Waals surface area (Å²) in [6.45, 7) is 6.89. The Morgan fingerprint density at radius 2 is 2.04 bits per heavy atom. The fraction of sp³-hybridized carbons (Fsp3) is 0.500.